The van der Waals surface area contributed by atoms with Crippen LogP contribution in [0.4, 0.5) is 0 Å². The predicted octanol–water partition coefficient (Wildman–Crippen LogP) is 2.82. The van der Waals surface area contributed by atoms with Gasteiger partial charge in [-0.15, -0.1) is 24.0 Å². The maximum absolute atomic E-state index is 12.1. The molecule has 2 unspecified atom stereocenters. The summed E-state index contributed by atoms with van der Waals surface area (Å²) in [5.74, 6) is 2.17. The van der Waals surface area contributed by atoms with Crippen molar-refractivity contribution in [3.63, 3.8) is 0 Å². The number of aliphatic imine (C=N–C) groups is 1. The van der Waals surface area contributed by atoms with Gasteiger partial charge in [0.2, 0.25) is 5.91 Å². The van der Waals surface area contributed by atoms with E-state index in [1.165, 1.54) is 0 Å². The molecule has 2 N–H and O–H groups in total. The van der Waals surface area contributed by atoms with Crippen LogP contribution in [0.1, 0.15) is 57.1 Å². The lowest BCUT2D eigenvalue weighted by molar-refractivity contribution is -0.133. The molecule has 2 rings (SSSR count). The number of aryl methyl sites for hydroxylation is 2. The van der Waals surface area contributed by atoms with Crippen molar-refractivity contribution >= 4 is 35.8 Å². The van der Waals surface area contributed by atoms with Gasteiger partial charge in [-0.1, -0.05) is 25.9 Å². The lowest BCUT2D eigenvalue weighted by Gasteiger charge is -2.20. The van der Waals surface area contributed by atoms with Gasteiger partial charge in [0.05, 0.1) is 5.69 Å². The summed E-state index contributed by atoms with van der Waals surface area (Å²) in [5, 5.41) is 10.8. The third-order valence-corrected chi connectivity index (χ3v) is 4.78. The molecule has 1 aliphatic heterocycles. The third kappa shape index (κ3) is 6.36. The highest BCUT2D eigenvalue weighted by Gasteiger charge is 2.28. The number of aromatic nitrogens is 1. The Morgan fingerprint density at radius 3 is 2.63 bits per heavy atom. The molecule has 1 aliphatic rings. The van der Waals surface area contributed by atoms with Crippen molar-refractivity contribution in [2.75, 3.05) is 26.2 Å². The van der Waals surface area contributed by atoms with E-state index in [2.05, 4.69) is 29.6 Å². The highest BCUT2D eigenvalue weighted by molar-refractivity contribution is 14.0. The fourth-order valence-corrected chi connectivity index (χ4v) is 3.47. The Morgan fingerprint density at radius 1 is 1.37 bits per heavy atom. The van der Waals surface area contributed by atoms with Crippen LogP contribution in [0.5, 0.6) is 0 Å². The first-order chi connectivity index (χ1) is 12.3. The van der Waals surface area contributed by atoms with Gasteiger partial charge in [-0.05, 0) is 27.2 Å². The summed E-state index contributed by atoms with van der Waals surface area (Å²) in [4.78, 5) is 18.8. The summed E-state index contributed by atoms with van der Waals surface area (Å²) in [7, 11) is 0. The van der Waals surface area contributed by atoms with Gasteiger partial charge in [0, 0.05) is 49.6 Å². The van der Waals surface area contributed by atoms with Crippen LogP contribution in [0.25, 0.3) is 0 Å². The van der Waals surface area contributed by atoms with Crippen molar-refractivity contribution in [3.05, 3.63) is 17.0 Å². The lowest BCUT2D eigenvalue weighted by Crippen LogP contribution is -2.45. The number of guanidine groups is 1. The molecule has 1 amide bonds. The molecule has 1 aromatic heterocycles. The number of amides is 1. The number of rotatable bonds is 6. The second kappa shape index (κ2) is 10.9. The van der Waals surface area contributed by atoms with Gasteiger partial charge in [0.25, 0.3) is 0 Å². The van der Waals surface area contributed by atoms with Crippen molar-refractivity contribution in [1.82, 2.24) is 20.7 Å². The highest BCUT2D eigenvalue weighted by Crippen LogP contribution is 2.23. The molecule has 0 saturated carbocycles. The van der Waals surface area contributed by atoms with Gasteiger partial charge in [-0.25, -0.2) is 0 Å². The number of nitrogens with one attached hydrogen (secondary N) is 2. The fraction of sp³-hybridized carbons (Fsp3) is 0.737. The summed E-state index contributed by atoms with van der Waals surface area (Å²) in [6.45, 7) is 15.0. The van der Waals surface area contributed by atoms with Gasteiger partial charge in [-0.3, -0.25) is 9.79 Å². The third-order valence-electron chi connectivity index (χ3n) is 4.78. The standard InChI is InChI=1S/C19H33N5O2.HI/c1-7-20-19(21-10-13(4)17-14(5)23-26-15(17)6)22-16-8-9-24(11-16)18(25)12(2)3;/h12-13,16H,7-11H2,1-6H3,(H2,20,21,22);1H. The maximum atomic E-state index is 12.1. The van der Waals surface area contributed by atoms with Crippen LogP contribution in [0.3, 0.4) is 0 Å². The maximum Gasteiger partial charge on any atom is 0.225 e. The zero-order chi connectivity index (χ0) is 19.3. The molecule has 0 spiro atoms. The highest BCUT2D eigenvalue weighted by atomic mass is 127. The number of hydrogen-bond acceptors (Lipinski definition) is 4. The van der Waals surface area contributed by atoms with Crippen molar-refractivity contribution in [2.45, 2.75) is 59.9 Å². The zero-order valence-corrected chi connectivity index (χ0v) is 19.7. The summed E-state index contributed by atoms with van der Waals surface area (Å²) in [5.41, 5.74) is 2.07. The van der Waals surface area contributed by atoms with Crippen molar-refractivity contribution in [1.29, 1.82) is 0 Å². The minimum Gasteiger partial charge on any atom is -0.361 e. The second-order valence-electron chi connectivity index (χ2n) is 7.43. The van der Waals surface area contributed by atoms with E-state index in [9.17, 15) is 4.79 Å². The van der Waals surface area contributed by atoms with E-state index >= 15 is 0 Å². The van der Waals surface area contributed by atoms with Crippen LogP contribution in [0, 0.1) is 19.8 Å². The predicted molar refractivity (Wildman–Crippen MR) is 119 cm³/mol. The molecule has 1 fully saturated rings. The first-order valence-corrected chi connectivity index (χ1v) is 9.59. The normalized spacial score (nSPS) is 18.4. The molecule has 1 aromatic rings. The zero-order valence-electron chi connectivity index (χ0n) is 17.3. The Balaban J connectivity index is 0.00000364. The van der Waals surface area contributed by atoms with E-state index in [1.807, 2.05) is 32.6 Å². The lowest BCUT2D eigenvalue weighted by atomic mass is 10.00. The number of likely N-dealkylation sites (tertiary alicyclic amines) is 1. The largest absolute Gasteiger partial charge is 0.361 e. The average Bonchev–Trinajstić information content (AvgIpc) is 3.18. The first kappa shape index (κ1) is 23.7. The Bertz CT molecular complexity index is 625. The van der Waals surface area contributed by atoms with Crippen LogP contribution in [-0.2, 0) is 4.79 Å². The fourth-order valence-electron chi connectivity index (χ4n) is 3.47. The van der Waals surface area contributed by atoms with Crippen LogP contribution in [-0.4, -0.2) is 54.1 Å². The van der Waals surface area contributed by atoms with Crippen LogP contribution < -0.4 is 10.6 Å². The number of halogens is 1. The van der Waals surface area contributed by atoms with Crippen molar-refractivity contribution < 1.29 is 9.32 Å². The molecule has 7 nitrogen and oxygen atoms in total. The Labute approximate surface area is 179 Å². The van der Waals surface area contributed by atoms with E-state index in [4.69, 9.17) is 9.52 Å². The summed E-state index contributed by atoms with van der Waals surface area (Å²) < 4.78 is 5.26. The molecular weight excluding hydrogens is 457 g/mol. The molecule has 154 valence electrons. The van der Waals surface area contributed by atoms with Gasteiger partial charge in [-0.2, -0.15) is 0 Å². The van der Waals surface area contributed by atoms with Gasteiger partial charge < -0.3 is 20.1 Å². The van der Waals surface area contributed by atoms with E-state index in [-0.39, 0.29) is 47.8 Å². The smallest absolute Gasteiger partial charge is 0.225 e. The molecule has 0 aromatic carbocycles. The minimum atomic E-state index is 0. The Hall–Kier alpha value is -1.32. The second-order valence-corrected chi connectivity index (χ2v) is 7.43. The number of nitrogens with zero attached hydrogens (tertiary/aromatic N) is 3. The van der Waals surface area contributed by atoms with Gasteiger partial charge in [0.15, 0.2) is 5.96 Å². The molecule has 2 atom stereocenters. The van der Waals surface area contributed by atoms with Crippen LogP contribution >= 0.6 is 24.0 Å². The number of hydrogen-bond donors (Lipinski definition) is 2. The van der Waals surface area contributed by atoms with Gasteiger partial charge in [0.1, 0.15) is 5.76 Å². The summed E-state index contributed by atoms with van der Waals surface area (Å²) in [6, 6.07) is 0.241. The minimum absolute atomic E-state index is 0. The summed E-state index contributed by atoms with van der Waals surface area (Å²) in [6.07, 6.45) is 0.947. The van der Waals surface area contributed by atoms with Crippen LogP contribution in [0.2, 0.25) is 0 Å². The van der Waals surface area contributed by atoms with Crippen molar-refractivity contribution in [3.8, 4) is 0 Å². The monoisotopic (exact) mass is 491 g/mol. The SMILES string of the molecule is CCNC(=NCC(C)c1c(C)noc1C)NC1CCN(C(=O)C(C)C)C1.I. The van der Waals surface area contributed by atoms with Crippen LogP contribution in [0.15, 0.2) is 9.52 Å². The molecule has 0 radical (unpaired) electrons. The molecule has 2 heterocycles. The Morgan fingerprint density at radius 2 is 2.07 bits per heavy atom. The first-order valence-electron chi connectivity index (χ1n) is 9.59. The Kier molecular flexibility index (Phi) is 9.55. The molecule has 8 heteroatoms. The molecule has 27 heavy (non-hydrogen) atoms. The molecule has 0 aliphatic carbocycles. The van der Waals surface area contributed by atoms with E-state index < -0.39 is 0 Å². The van der Waals surface area contributed by atoms with E-state index in [0.717, 1.165) is 49.0 Å². The topological polar surface area (TPSA) is 82.8 Å². The summed E-state index contributed by atoms with van der Waals surface area (Å²) >= 11 is 0. The number of carbonyl (C=O) groups is 1. The molecular formula is C19H34IN5O2. The van der Waals surface area contributed by atoms with E-state index in [0.29, 0.717) is 6.54 Å². The van der Waals surface area contributed by atoms with Crippen molar-refractivity contribution in [2.24, 2.45) is 10.9 Å². The van der Waals surface area contributed by atoms with E-state index in [1.54, 1.807) is 0 Å². The number of carbonyl (C=O) groups excluding carboxylic acids is 1. The average molecular weight is 491 g/mol. The molecule has 1 saturated heterocycles. The molecule has 0 bridgehead atoms. The quantitative estimate of drug-likeness (QED) is 0.364. The van der Waals surface area contributed by atoms with Gasteiger partial charge >= 0.3 is 0 Å².